The zero-order chi connectivity index (χ0) is 13.8. The van der Waals surface area contributed by atoms with E-state index in [9.17, 15) is 9.59 Å². The Morgan fingerprint density at radius 3 is 2.89 bits per heavy atom. The summed E-state index contributed by atoms with van der Waals surface area (Å²) in [6, 6.07) is 4.57. The van der Waals surface area contributed by atoms with Crippen LogP contribution in [0.15, 0.2) is 18.2 Å². The number of rotatable bonds is 5. The van der Waals surface area contributed by atoms with Gasteiger partial charge in [0.15, 0.2) is 0 Å². The molecule has 6 heteroatoms. The number of hydrogen-bond donors (Lipinski definition) is 2. The van der Waals surface area contributed by atoms with Crippen LogP contribution in [-0.2, 0) is 9.59 Å². The van der Waals surface area contributed by atoms with Crippen LogP contribution in [0.3, 0.4) is 0 Å². The van der Waals surface area contributed by atoms with Gasteiger partial charge in [0.25, 0.3) is 0 Å². The van der Waals surface area contributed by atoms with Crippen molar-refractivity contribution in [1.29, 1.82) is 0 Å². The smallest absolute Gasteiger partial charge is 0.249 e. The molecule has 1 heterocycles. The molecule has 5 nitrogen and oxygen atoms in total. The lowest BCUT2D eigenvalue weighted by Gasteiger charge is -2.15. The van der Waals surface area contributed by atoms with Crippen LogP contribution in [0.25, 0.3) is 0 Å². The molecular weight excluding hydrogens is 268 g/mol. The van der Waals surface area contributed by atoms with Crippen LogP contribution < -0.4 is 15.4 Å². The molecule has 1 aliphatic rings. The van der Waals surface area contributed by atoms with Gasteiger partial charge in [-0.15, -0.1) is 0 Å². The Balaban J connectivity index is 2.15. The minimum atomic E-state index is -0.574. The number of anilines is 1. The predicted molar refractivity (Wildman–Crippen MR) is 72.4 cm³/mol. The quantitative estimate of drug-likeness (QED) is 0.810. The SMILES string of the molecule is CCCOc1ccc(Cl)cc1NC1CC(=O)NC1=O. The molecule has 0 radical (unpaired) electrons. The summed E-state index contributed by atoms with van der Waals surface area (Å²) in [5, 5.41) is 5.79. The number of hydrogen-bond acceptors (Lipinski definition) is 4. The van der Waals surface area contributed by atoms with Gasteiger partial charge in [-0.25, -0.2) is 0 Å². The molecule has 1 aromatic carbocycles. The van der Waals surface area contributed by atoms with Crippen LogP contribution in [0.2, 0.25) is 5.02 Å². The maximum Gasteiger partial charge on any atom is 0.249 e. The zero-order valence-corrected chi connectivity index (χ0v) is 11.3. The van der Waals surface area contributed by atoms with Gasteiger partial charge >= 0.3 is 0 Å². The van der Waals surface area contributed by atoms with E-state index in [1.54, 1.807) is 18.2 Å². The molecule has 0 bridgehead atoms. The van der Waals surface area contributed by atoms with Crippen molar-refractivity contribution in [2.75, 3.05) is 11.9 Å². The number of benzene rings is 1. The van der Waals surface area contributed by atoms with Crippen LogP contribution in [0.4, 0.5) is 5.69 Å². The van der Waals surface area contributed by atoms with E-state index in [0.29, 0.717) is 23.1 Å². The number of halogens is 1. The minimum Gasteiger partial charge on any atom is -0.491 e. The highest BCUT2D eigenvalue weighted by molar-refractivity contribution is 6.31. The molecular formula is C13H15ClN2O3. The molecule has 19 heavy (non-hydrogen) atoms. The highest BCUT2D eigenvalue weighted by atomic mass is 35.5. The van der Waals surface area contributed by atoms with E-state index in [-0.39, 0.29) is 18.2 Å². The fraction of sp³-hybridized carbons (Fsp3) is 0.385. The number of carbonyl (C=O) groups excluding carboxylic acids is 2. The van der Waals surface area contributed by atoms with Gasteiger partial charge in [0.2, 0.25) is 11.8 Å². The van der Waals surface area contributed by atoms with E-state index in [4.69, 9.17) is 16.3 Å². The molecule has 2 rings (SSSR count). The molecule has 0 spiro atoms. The van der Waals surface area contributed by atoms with Crippen molar-refractivity contribution in [3.05, 3.63) is 23.2 Å². The Morgan fingerprint density at radius 1 is 1.47 bits per heavy atom. The molecule has 0 saturated carbocycles. The van der Waals surface area contributed by atoms with E-state index >= 15 is 0 Å². The Kier molecular flexibility index (Phi) is 4.27. The van der Waals surface area contributed by atoms with Crippen LogP contribution in [0, 0.1) is 0 Å². The third-order valence-corrected chi connectivity index (χ3v) is 2.94. The summed E-state index contributed by atoms with van der Waals surface area (Å²) in [5.74, 6) is 0.0189. The van der Waals surface area contributed by atoms with Crippen molar-refractivity contribution in [2.45, 2.75) is 25.8 Å². The van der Waals surface area contributed by atoms with Gasteiger partial charge in [0.05, 0.1) is 18.7 Å². The van der Waals surface area contributed by atoms with Gasteiger partial charge < -0.3 is 10.1 Å². The maximum atomic E-state index is 11.5. The van der Waals surface area contributed by atoms with Gasteiger partial charge in [0.1, 0.15) is 11.8 Å². The minimum absolute atomic E-state index is 0.124. The summed E-state index contributed by atoms with van der Waals surface area (Å²) in [6.45, 7) is 2.58. The first-order chi connectivity index (χ1) is 9.10. The monoisotopic (exact) mass is 282 g/mol. The summed E-state index contributed by atoms with van der Waals surface area (Å²) < 4.78 is 5.58. The van der Waals surface area contributed by atoms with Crippen LogP contribution >= 0.6 is 11.6 Å². The second-order valence-corrected chi connectivity index (χ2v) is 4.74. The molecule has 1 aromatic rings. The van der Waals surface area contributed by atoms with E-state index in [1.807, 2.05) is 6.92 Å². The third kappa shape index (κ3) is 3.38. The summed E-state index contributed by atoms with van der Waals surface area (Å²) in [4.78, 5) is 22.7. The van der Waals surface area contributed by atoms with Crippen molar-refractivity contribution >= 4 is 29.1 Å². The van der Waals surface area contributed by atoms with Gasteiger partial charge in [0, 0.05) is 5.02 Å². The van der Waals surface area contributed by atoms with Crippen molar-refractivity contribution < 1.29 is 14.3 Å². The molecule has 1 fully saturated rings. The number of nitrogens with one attached hydrogen (secondary N) is 2. The normalized spacial score (nSPS) is 18.3. The van der Waals surface area contributed by atoms with E-state index < -0.39 is 6.04 Å². The predicted octanol–water partition coefficient (Wildman–Crippen LogP) is 1.96. The molecule has 0 aliphatic carbocycles. The fourth-order valence-electron chi connectivity index (χ4n) is 1.81. The third-order valence-electron chi connectivity index (χ3n) is 2.70. The lowest BCUT2D eigenvalue weighted by atomic mass is 10.2. The lowest BCUT2D eigenvalue weighted by molar-refractivity contribution is -0.124. The largest absolute Gasteiger partial charge is 0.491 e. The standard InChI is InChI=1S/C13H15ClN2O3/c1-2-5-19-11-4-3-8(14)6-9(11)15-10-7-12(17)16-13(10)18/h3-4,6,10,15H,2,5,7H2,1H3,(H,16,17,18). The maximum absolute atomic E-state index is 11.5. The number of ether oxygens (including phenoxy) is 1. The van der Waals surface area contributed by atoms with E-state index in [2.05, 4.69) is 10.6 Å². The Labute approximate surface area is 116 Å². The molecule has 1 aliphatic heterocycles. The number of amides is 2. The first kappa shape index (κ1) is 13.7. The fourth-order valence-corrected chi connectivity index (χ4v) is 1.98. The Bertz CT molecular complexity index is 505. The zero-order valence-electron chi connectivity index (χ0n) is 10.5. The molecule has 1 atom stereocenters. The number of carbonyl (C=O) groups is 2. The molecule has 2 N–H and O–H groups in total. The molecule has 1 saturated heterocycles. The first-order valence-electron chi connectivity index (χ1n) is 6.12. The van der Waals surface area contributed by atoms with Gasteiger partial charge in [-0.05, 0) is 24.6 Å². The highest BCUT2D eigenvalue weighted by Gasteiger charge is 2.30. The second kappa shape index (κ2) is 5.93. The van der Waals surface area contributed by atoms with Crippen LogP contribution in [-0.4, -0.2) is 24.5 Å². The Morgan fingerprint density at radius 2 is 2.26 bits per heavy atom. The average Bonchev–Trinajstić information content (AvgIpc) is 2.67. The van der Waals surface area contributed by atoms with Gasteiger partial charge in [-0.1, -0.05) is 18.5 Å². The second-order valence-electron chi connectivity index (χ2n) is 4.30. The highest BCUT2D eigenvalue weighted by Crippen LogP contribution is 2.29. The summed E-state index contributed by atoms with van der Waals surface area (Å²) in [7, 11) is 0. The van der Waals surface area contributed by atoms with Crippen molar-refractivity contribution in [3.63, 3.8) is 0 Å². The van der Waals surface area contributed by atoms with Crippen LogP contribution in [0.1, 0.15) is 19.8 Å². The molecule has 102 valence electrons. The Hall–Kier alpha value is -1.75. The van der Waals surface area contributed by atoms with E-state index in [1.165, 1.54) is 0 Å². The van der Waals surface area contributed by atoms with Crippen molar-refractivity contribution in [3.8, 4) is 5.75 Å². The summed E-state index contributed by atoms with van der Waals surface area (Å²) >= 11 is 5.94. The van der Waals surface area contributed by atoms with Gasteiger partial charge in [-0.2, -0.15) is 0 Å². The van der Waals surface area contributed by atoms with Crippen LogP contribution in [0.5, 0.6) is 5.75 Å². The molecule has 2 amide bonds. The number of imide groups is 1. The summed E-state index contributed by atoms with van der Waals surface area (Å²) in [6.07, 6.45) is 1.00. The molecule has 1 unspecified atom stereocenters. The topological polar surface area (TPSA) is 67.4 Å². The molecule has 0 aromatic heterocycles. The average molecular weight is 283 g/mol. The lowest BCUT2D eigenvalue weighted by Crippen LogP contribution is -2.30. The van der Waals surface area contributed by atoms with Crippen molar-refractivity contribution in [2.24, 2.45) is 0 Å². The first-order valence-corrected chi connectivity index (χ1v) is 6.50. The van der Waals surface area contributed by atoms with Gasteiger partial charge in [-0.3, -0.25) is 14.9 Å². The van der Waals surface area contributed by atoms with E-state index in [0.717, 1.165) is 6.42 Å². The summed E-state index contributed by atoms with van der Waals surface area (Å²) in [5.41, 5.74) is 0.621. The van der Waals surface area contributed by atoms with Crippen molar-refractivity contribution in [1.82, 2.24) is 5.32 Å².